The number of carbonyl (C=O) groups excluding carboxylic acids is 1. The van der Waals surface area contributed by atoms with Crippen LogP contribution in [0, 0.1) is 13.8 Å². The van der Waals surface area contributed by atoms with E-state index < -0.39 is 10.0 Å². The van der Waals surface area contributed by atoms with Crippen LogP contribution in [-0.2, 0) is 10.0 Å². The first-order valence-corrected chi connectivity index (χ1v) is 11.0. The van der Waals surface area contributed by atoms with Crippen molar-refractivity contribution >= 4 is 21.6 Å². The summed E-state index contributed by atoms with van der Waals surface area (Å²) < 4.78 is 33.1. The van der Waals surface area contributed by atoms with E-state index in [0.29, 0.717) is 11.4 Å². The van der Waals surface area contributed by atoms with Crippen molar-refractivity contribution in [1.82, 2.24) is 4.72 Å². The maximum absolute atomic E-state index is 12.6. The van der Waals surface area contributed by atoms with Gasteiger partial charge in [-0.05, 0) is 55.8 Å². The summed E-state index contributed by atoms with van der Waals surface area (Å²) in [4.78, 5) is 12.6. The molecule has 6 nitrogen and oxygen atoms in total. The molecule has 0 fully saturated rings. The van der Waals surface area contributed by atoms with E-state index in [2.05, 4.69) is 10.0 Å². The number of anilines is 1. The van der Waals surface area contributed by atoms with Crippen LogP contribution in [0.2, 0.25) is 0 Å². The monoisotopic (exact) mass is 424 g/mol. The Labute approximate surface area is 177 Å². The van der Waals surface area contributed by atoms with Crippen LogP contribution in [0.3, 0.4) is 0 Å². The van der Waals surface area contributed by atoms with Crippen LogP contribution in [0.15, 0.2) is 77.7 Å². The molecule has 156 valence electrons. The van der Waals surface area contributed by atoms with Crippen LogP contribution in [0.4, 0.5) is 5.69 Å². The fourth-order valence-electron chi connectivity index (χ4n) is 2.90. The number of benzene rings is 3. The largest absolute Gasteiger partial charge is 0.492 e. The fraction of sp³-hybridized carbons (Fsp3) is 0.174. The number of amides is 1. The highest BCUT2D eigenvalue weighted by molar-refractivity contribution is 7.89. The Morgan fingerprint density at radius 1 is 0.933 bits per heavy atom. The summed E-state index contributed by atoms with van der Waals surface area (Å²) in [6, 6.07) is 20.8. The van der Waals surface area contributed by atoms with Gasteiger partial charge in [0.1, 0.15) is 12.4 Å². The van der Waals surface area contributed by atoms with Crippen LogP contribution < -0.4 is 14.8 Å². The van der Waals surface area contributed by atoms with Crippen molar-refractivity contribution in [2.24, 2.45) is 0 Å². The van der Waals surface area contributed by atoms with Gasteiger partial charge in [0.05, 0.1) is 4.90 Å². The molecule has 30 heavy (non-hydrogen) atoms. The van der Waals surface area contributed by atoms with E-state index in [4.69, 9.17) is 4.74 Å². The van der Waals surface area contributed by atoms with Gasteiger partial charge < -0.3 is 10.1 Å². The maximum Gasteiger partial charge on any atom is 0.255 e. The van der Waals surface area contributed by atoms with Gasteiger partial charge in [0.15, 0.2) is 0 Å². The summed E-state index contributed by atoms with van der Waals surface area (Å²) in [6.07, 6.45) is 0. The summed E-state index contributed by atoms with van der Waals surface area (Å²) >= 11 is 0. The SMILES string of the molecule is Cc1ccc(NC(=O)c2cccc(S(=O)(=O)NCCOc3ccccc3)c2)c(C)c1. The van der Waals surface area contributed by atoms with Gasteiger partial charge in [0, 0.05) is 17.8 Å². The molecule has 0 aromatic heterocycles. The summed E-state index contributed by atoms with van der Waals surface area (Å²) in [5.74, 6) is 0.299. The van der Waals surface area contributed by atoms with E-state index in [0.717, 1.165) is 11.1 Å². The van der Waals surface area contributed by atoms with E-state index in [1.165, 1.54) is 12.1 Å². The molecule has 0 aliphatic heterocycles. The van der Waals surface area contributed by atoms with Crippen molar-refractivity contribution in [3.8, 4) is 5.75 Å². The summed E-state index contributed by atoms with van der Waals surface area (Å²) in [5.41, 5.74) is 2.99. The van der Waals surface area contributed by atoms with E-state index in [1.54, 1.807) is 24.3 Å². The Kier molecular flexibility index (Phi) is 6.87. The molecule has 0 heterocycles. The molecule has 0 aliphatic rings. The minimum atomic E-state index is -3.77. The average Bonchev–Trinajstić information content (AvgIpc) is 2.74. The molecule has 3 aromatic rings. The Hall–Kier alpha value is -3.16. The lowest BCUT2D eigenvalue weighted by molar-refractivity contribution is 0.102. The normalized spacial score (nSPS) is 11.1. The van der Waals surface area contributed by atoms with Crippen LogP contribution in [0.25, 0.3) is 0 Å². The minimum absolute atomic E-state index is 0.0236. The van der Waals surface area contributed by atoms with Crippen molar-refractivity contribution in [2.75, 3.05) is 18.5 Å². The van der Waals surface area contributed by atoms with E-state index in [1.807, 2.05) is 50.2 Å². The highest BCUT2D eigenvalue weighted by Crippen LogP contribution is 2.18. The molecule has 0 radical (unpaired) electrons. The standard InChI is InChI=1S/C23H24N2O4S/c1-17-11-12-22(18(2)15-17)25-23(26)19-7-6-10-21(16-19)30(27,28)24-13-14-29-20-8-4-3-5-9-20/h3-12,15-16,24H,13-14H2,1-2H3,(H,25,26). The summed E-state index contributed by atoms with van der Waals surface area (Å²) in [6.45, 7) is 4.18. The molecule has 0 unspecified atom stereocenters. The van der Waals surface area contributed by atoms with E-state index in [-0.39, 0.29) is 29.5 Å². The van der Waals surface area contributed by atoms with Crippen LogP contribution in [0.5, 0.6) is 5.75 Å². The van der Waals surface area contributed by atoms with Crippen molar-refractivity contribution < 1.29 is 17.9 Å². The maximum atomic E-state index is 12.6. The Morgan fingerprint density at radius 3 is 2.43 bits per heavy atom. The second kappa shape index (κ2) is 9.56. The van der Waals surface area contributed by atoms with Gasteiger partial charge in [-0.25, -0.2) is 13.1 Å². The number of para-hydroxylation sites is 1. The molecule has 1 amide bonds. The first-order valence-electron chi connectivity index (χ1n) is 9.51. The molecule has 0 saturated carbocycles. The Morgan fingerprint density at radius 2 is 1.70 bits per heavy atom. The van der Waals surface area contributed by atoms with Crippen LogP contribution >= 0.6 is 0 Å². The van der Waals surface area contributed by atoms with Gasteiger partial charge in [0.25, 0.3) is 5.91 Å². The highest BCUT2D eigenvalue weighted by atomic mass is 32.2. The smallest absolute Gasteiger partial charge is 0.255 e. The average molecular weight is 425 g/mol. The molecule has 0 atom stereocenters. The second-order valence-corrected chi connectivity index (χ2v) is 8.63. The number of rotatable bonds is 8. The van der Waals surface area contributed by atoms with E-state index >= 15 is 0 Å². The number of carbonyl (C=O) groups is 1. The molecule has 0 bridgehead atoms. The van der Waals surface area contributed by atoms with Crippen LogP contribution in [-0.4, -0.2) is 27.5 Å². The van der Waals surface area contributed by atoms with Crippen molar-refractivity contribution in [1.29, 1.82) is 0 Å². The highest BCUT2D eigenvalue weighted by Gasteiger charge is 2.16. The molecule has 3 rings (SSSR count). The number of aryl methyl sites for hydroxylation is 2. The van der Waals surface area contributed by atoms with Crippen molar-refractivity contribution in [3.05, 3.63) is 89.5 Å². The lowest BCUT2D eigenvalue weighted by Gasteiger charge is -2.11. The fourth-order valence-corrected chi connectivity index (χ4v) is 3.96. The number of ether oxygens (including phenoxy) is 1. The van der Waals surface area contributed by atoms with Crippen LogP contribution in [0.1, 0.15) is 21.5 Å². The van der Waals surface area contributed by atoms with Gasteiger partial charge in [-0.3, -0.25) is 4.79 Å². The number of hydrogen-bond donors (Lipinski definition) is 2. The van der Waals surface area contributed by atoms with Crippen molar-refractivity contribution in [2.45, 2.75) is 18.7 Å². The molecule has 0 spiro atoms. The number of hydrogen-bond acceptors (Lipinski definition) is 4. The molecule has 2 N–H and O–H groups in total. The quantitative estimate of drug-likeness (QED) is 0.537. The van der Waals surface area contributed by atoms with Crippen molar-refractivity contribution in [3.63, 3.8) is 0 Å². The van der Waals surface area contributed by atoms with Gasteiger partial charge in [-0.15, -0.1) is 0 Å². The summed E-state index contributed by atoms with van der Waals surface area (Å²) in [7, 11) is -3.77. The topological polar surface area (TPSA) is 84.5 Å². The molecule has 0 saturated heterocycles. The molecule has 3 aromatic carbocycles. The first-order chi connectivity index (χ1) is 14.3. The van der Waals surface area contributed by atoms with Gasteiger partial charge >= 0.3 is 0 Å². The molecule has 7 heteroatoms. The zero-order valence-corrected chi connectivity index (χ0v) is 17.7. The number of nitrogens with one attached hydrogen (secondary N) is 2. The van der Waals surface area contributed by atoms with E-state index in [9.17, 15) is 13.2 Å². The third-order valence-corrected chi connectivity index (χ3v) is 5.90. The molecular weight excluding hydrogens is 400 g/mol. The third-order valence-electron chi connectivity index (χ3n) is 4.44. The second-order valence-electron chi connectivity index (χ2n) is 6.86. The van der Waals surface area contributed by atoms with Gasteiger partial charge in [-0.1, -0.05) is 42.0 Å². The lowest BCUT2D eigenvalue weighted by Crippen LogP contribution is -2.28. The zero-order chi connectivity index (χ0) is 21.6. The first kappa shape index (κ1) is 21.5. The lowest BCUT2D eigenvalue weighted by atomic mass is 10.1. The van der Waals surface area contributed by atoms with Gasteiger partial charge in [-0.2, -0.15) is 0 Å². The third kappa shape index (κ3) is 5.68. The predicted molar refractivity (Wildman–Crippen MR) is 117 cm³/mol. The minimum Gasteiger partial charge on any atom is -0.492 e. The molecule has 0 aliphatic carbocycles. The predicted octanol–water partition coefficient (Wildman–Crippen LogP) is 3.91. The zero-order valence-electron chi connectivity index (χ0n) is 16.9. The number of sulfonamides is 1. The van der Waals surface area contributed by atoms with Gasteiger partial charge in [0.2, 0.25) is 10.0 Å². The Bertz CT molecular complexity index is 1130. The Balaban J connectivity index is 1.63. The summed E-state index contributed by atoms with van der Waals surface area (Å²) in [5, 5.41) is 2.83. The molecular formula is C23H24N2O4S.